The summed E-state index contributed by atoms with van der Waals surface area (Å²) in [5.41, 5.74) is 18.6. The van der Waals surface area contributed by atoms with Gasteiger partial charge < -0.3 is 37.3 Å². The molecular formula is C27H25N9O3. The van der Waals surface area contributed by atoms with Crippen LogP contribution in [-0.2, 0) is 0 Å². The summed E-state index contributed by atoms with van der Waals surface area (Å²) in [6, 6.07) is 25.9. The lowest BCUT2D eigenvalue weighted by Crippen LogP contribution is -2.19. The monoisotopic (exact) mass is 523 g/mol. The van der Waals surface area contributed by atoms with Crippen molar-refractivity contribution in [3.63, 3.8) is 0 Å². The van der Waals surface area contributed by atoms with Gasteiger partial charge in [0, 0.05) is 29.2 Å². The highest BCUT2D eigenvalue weighted by molar-refractivity contribution is 5.99. The van der Waals surface area contributed by atoms with Crippen LogP contribution < -0.4 is 37.3 Å². The van der Waals surface area contributed by atoms with Gasteiger partial charge in [-0.3, -0.25) is 0 Å². The molecule has 12 heteroatoms. The molecule has 2 aromatic heterocycles. The Morgan fingerprint density at radius 2 is 1.05 bits per heavy atom. The normalized spacial score (nSPS) is 9.95. The van der Waals surface area contributed by atoms with E-state index in [2.05, 4.69) is 30.6 Å². The molecule has 0 saturated carbocycles. The van der Waals surface area contributed by atoms with Crippen molar-refractivity contribution in [1.29, 1.82) is 0 Å². The molecule has 5 aromatic rings. The first kappa shape index (κ1) is 26.2. The van der Waals surface area contributed by atoms with Gasteiger partial charge in [-0.2, -0.15) is 0 Å². The van der Waals surface area contributed by atoms with Gasteiger partial charge in [-0.1, -0.05) is 18.2 Å². The molecule has 8 N–H and O–H groups in total. The maximum absolute atomic E-state index is 11.9. The number of benzene rings is 3. The van der Waals surface area contributed by atoms with Gasteiger partial charge in [-0.05, 0) is 60.7 Å². The van der Waals surface area contributed by atoms with Crippen LogP contribution in [0.1, 0.15) is 0 Å². The Kier molecular flexibility index (Phi) is 8.63. The van der Waals surface area contributed by atoms with Crippen LogP contribution >= 0.6 is 0 Å². The SMILES string of the molecule is Nc1cc(Oc2ccc(NC(=O)Nc3ccccc3)cc2)ncn1.Nc1ccc(Oc2cc(N)ncn2)cc1. The second-order valence-corrected chi connectivity index (χ2v) is 7.80. The van der Waals surface area contributed by atoms with Gasteiger partial charge in [-0.15, -0.1) is 0 Å². The molecule has 196 valence electrons. The van der Waals surface area contributed by atoms with E-state index in [1.807, 2.05) is 30.3 Å². The number of anilines is 5. The molecule has 3 aromatic carbocycles. The van der Waals surface area contributed by atoms with E-state index in [1.165, 1.54) is 18.7 Å². The molecule has 0 atom stereocenters. The average molecular weight is 524 g/mol. The Bertz CT molecular complexity index is 1500. The number of nitrogens with one attached hydrogen (secondary N) is 2. The van der Waals surface area contributed by atoms with Crippen molar-refractivity contribution in [2.75, 3.05) is 27.8 Å². The number of para-hydroxylation sites is 1. The second-order valence-electron chi connectivity index (χ2n) is 7.80. The summed E-state index contributed by atoms with van der Waals surface area (Å²) in [7, 11) is 0. The molecule has 0 aliphatic carbocycles. The minimum absolute atomic E-state index is 0.321. The predicted molar refractivity (Wildman–Crippen MR) is 149 cm³/mol. The van der Waals surface area contributed by atoms with Crippen molar-refractivity contribution in [2.45, 2.75) is 0 Å². The number of carbonyl (C=O) groups excluding carboxylic acids is 1. The number of urea groups is 1. The van der Waals surface area contributed by atoms with Crippen LogP contribution in [0.15, 0.2) is 104 Å². The van der Waals surface area contributed by atoms with Gasteiger partial charge >= 0.3 is 6.03 Å². The molecule has 0 aliphatic heterocycles. The zero-order valence-electron chi connectivity index (χ0n) is 20.6. The van der Waals surface area contributed by atoms with Crippen molar-refractivity contribution in [3.8, 4) is 23.3 Å². The highest BCUT2D eigenvalue weighted by atomic mass is 16.5. The van der Waals surface area contributed by atoms with Crippen LogP contribution in [0.3, 0.4) is 0 Å². The number of rotatable bonds is 6. The molecule has 0 saturated heterocycles. The molecule has 0 spiro atoms. The Morgan fingerprint density at radius 3 is 1.54 bits per heavy atom. The van der Waals surface area contributed by atoms with Crippen LogP contribution in [0, 0.1) is 0 Å². The zero-order chi connectivity index (χ0) is 27.5. The smallest absolute Gasteiger partial charge is 0.323 e. The van der Waals surface area contributed by atoms with Gasteiger partial charge in [0.15, 0.2) is 0 Å². The van der Waals surface area contributed by atoms with E-state index in [0.29, 0.717) is 46.3 Å². The fourth-order valence-electron chi connectivity index (χ4n) is 3.02. The van der Waals surface area contributed by atoms with Crippen LogP contribution in [0.2, 0.25) is 0 Å². The summed E-state index contributed by atoms with van der Waals surface area (Å²) in [6.45, 7) is 0. The first-order chi connectivity index (χ1) is 18.9. The van der Waals surface area contributed by atoms with Crippen LogP contribution in [0.4, 0.5) is 33.5 Å². The van der Waals surface area contributed by atoms with E-state index in [0.717, 1.165) is 5.69 Å². The number of nitrogens with zero attached hydrogens (tertiary/aromatic N) is 4. The first-order valence-electron chi connectivity index (χ1n) is 11.5. The molecule has 5 rings (SSSR count). The third-order valence-corrected chi connectivity index (χ3v) is 4.80. The van der Waals surface area contributed by atoms with Crippen LogP contribution in [0.25, 0.3) is 0 Å². The maximum atomic E-state index is 11.9. The molecule has 12 nitrogen and oxygen atoms in total. The molecule has 2 amide bonds. The largest absolute Gasteiger partial charge is 0.439 e. The van der Waals surface area contributed by atoms with Gasteiger partial charge in [0.1, 0.15) is 35.8 Å². The van der Waals surface area contributed by atoms with E-state index in [4.69, 9.17) is 26.7 Å². The number of ether oxygens (including phenoxy) is 2. The minimum Gasteiger partial charge on any atom is -0.439 e. The van der Waals surface area contributed by atoms with Gasteiger partial charge in [-0.25, -0.2) is 24.7 Å². The van der Waals surface area contributed by atoms with Crippen LogP contribution in [-0.4, -0.2) is 26.0 Å². The quantitative estimate of drug-likeness (QED) is 0.191. The molecule has 2 heterocycles. The third-order valence-electron chi connectivity index (χ3n) is 4.80. The Hall–Kier alpha value is -5.91. The van der Waals surface area contributed by atoms with Gasteiger partial charge in [0.25, 0.3) is 0 Å². The lowest BCUT2D eigenvalue weighted by molar-refractivity contribution is 0.262. The van der Waals surface area contributed by atoms with E-state index >= 15 is 0 Å². The molecule has 39 heavy (non-hydrogen) atoms. The van der Waals surface area contributed by atoms with Crippen molar-refractivity contribution < 1.29 is 14.3 Å². The highest BCUT2D eigenvalue weighted by Gasteiger charge is 2.04. The fraction of sp³-hybridized carbons (Fsp3) is 0. The number of nitrogen functional groups attached to an aromatic ring is 3. The maximum Gasteiger partial charge on any atom is 0.323 e. The van der Waals surface area contributed by atoms with Crippen molar-refractivity contribution in [2.24, 2.45) is 0 Å². The third kappa shape index (κ3) is 8.61. The number of amides is 2. The zero-order valence-corrected chi connectivity index (χ0v) is 20.6. The number of aromatic nitrogens is 4. The summed E-state index contributed by atoms with van der Waals surface area (Å²) >= 11 is 0. The van der Waals surface area contributed by atoms with Crippen LogP contribution in [0.5, 0.6) is 23.3 Å². The topological polar surface area (TPSA) is 189 Å². The Balaban J connectivity index is 0.000000202. The van der Waals surface area contributed by atoms with E-state index in [-0.39, 0.29) is 6.03 Å². The number of nitrogens with two attached hydrogens (primary N) is 3. The number of carbonyl (C=O) groups is 1. The summed E-state index contributed by atoms with van der Waals surface area (Å²) in [6.07, 6.45) is 2.68. The predicted octanol–water partition coefficient (Wildman–Crippen LogP) is 4.93. The summed E-state index contributed by atoms with van der Waals surface area (Å²) in [5, 5.41) is 5.48. The molecule has 0 radical (unpaired) electrons. The van der Waals surface area contributed by atoms with Gasteiger partial charge in [0.05, 0.1) is 0 Å². The second kappa shape index (κ2) is 12.9. The average Bonchev–Trinajstić information content (AvgIpc) is 2.92. The Morgan fingerprint density at radius 1 is 0.590 bits per heavy atom. The van der Waals surface area contributed by atoms with E-state index < -0.39 is 0 Å². The summed E-state index contributed by atoms with van der Waals surface area (Å²) in [5.74, 6) is 2.69. The number of hydrogen-bond acceptors (Lipinski definition) is 10. The standard InChI is InChI=1S/C17H15N5O2.C10H10N4O/c18-15-10-16(20-11-19-15)24-14-8-6-13(7-9-14)22-17(23)21-12-4-2-1-3-5-12;11-7-1-3-8(4-2-7)15-10-5-9(12)13-6-14-10/h1-11H,(H2,18,19,20)(H2,21,22,23);1-6H,11H2,(H2,12,13,14). The number of hydrogen-bond donors (Lipinski definition) is 5. The lowest BCUT2D eigenvalue weighted by atomic mass is 10.3. The van der Waals surface area contributed by atoms with Crippen molar-refractivity contribution in [3.05, 3.63) is 104 Å². The lowest BCUT2D eigenvalue weighted by Gasteiger charge is -2.09. The van der Waals surface area contributed by atoms with E-state index in [9.17, 15) is 4.79 Å². The first-order valence-corrected chi connectivity index (χ1v) is 11.5. The molecule has 0 aliphatic rings. The van der Waals surface area contributed by atoms with Crippen molar-refractivity contribution in [1.82, 2.24) is 19.9 Å². The minimum atomic E-state index is -0.321. The summed E-state index contributed by atoms with van der Waals surface area (Å²) in [4.78, 5) is 27.3. The van der Waals surface area contributed by atoms with Gasteiger partial charge in [0.2, 0.25) is 11.8 Å². The molecule has 0 bridgehead atoms. The molecular weight excluding hydrogens is 498 g/mol. The Labute approximate surface area is 223 Å². The fourth-order valence-corrected chi connectivity index (χ4v) is 3.02. The molecule has 0 fully saturated rings. The van der Waals surface area contributed by atoms with E-state index in [1.54, 1.807) is 54.6 Å². The highest BCUT2D eigenvalue weighted by Crippen LogP contribution is 2.22. The molecule has 0 unspecified atom stereocenters. The van der Waals surface area contributed by atoms with Crippen molar-refractivity contribution >= 4 is 34.7 Å². The summed E-state index contributed by atoms with van der Waals surface area (Å²) < 4.78 is 11.0.